The molecule has 0 saturated heterocycles. The first-order valence-corrected chi connectivity index (χ1v) is 8.00. The SMILES string of the molecule is NC(=O)c1cc(Cl)ccc1OCc1nc(-c2cccc(Br)c2)no1. The zero-order chi connectivity index (χ0) is 17.1. The second kappa shape index (κ2) is 7.02. The Morgan fingerprint density at radius 1 is 1.29 bits per heavy atom. The molecule has 0 saturated carbocycles. The van der Waals surface area contributed by atoms with Crippen molar-refractivity contribution in [1.82, 2.24) is 10.1 Å². The Labute approximate surface area is 150 Å². The van der Waals surface area contributed by atoms with E-state index in [1.54, 1.807) is 12.1 Å². The van der Waals surface area contributed by atoms with E-state index in [0.29, 0.717) is 16.6 Å². The molecule has 1 amide bonds. The molecule has 122 valence electrons. The molecule has 0 aliphatic carbocycles. The minimum Gasteiger partial charge on any atom is -0.483 e. The maximum Gasteiger partial charge on any atom is 0.264 e. The van der Waals surface area contributed by atoms with E-state index in [0.717, 1.165) is 10.0 Å². The van der Waals surface area contributed by atoms with Gasteiger partial charge < -0.3 is 15.0 Å². The number of ether oxygens (including phenoxy) is 1. The number of hydrogen-bond donors (Lipinski definition) is 1. The minimum atomic E-state index is -0.632. The van der Waals surface area contributed by atoms with E-state index in [4.69, 9.17) is 26.6 Å². The van der Waals surface area contributed by atoms with E-state index in [9.17, 15) is 4.79 Å². The predicted octanol–water partition coefficient (Wildman–Crippen LogP) is 3.83. The summed E-state index contributed by atoms with van der Waals surface area (Å²) in [5.74, 6) is 0.387. The molecule has 3 rings (SSSR count). The van der Waals surface area contributed by atoms with E-state index >= 15 is 0 Å². The van der Waals surface area contributed by atoms with Crippen molar-refractivity contribution in [3.05, 3.63) is 63.4 Å². The summed E-state index contributed by atoms with van der Waals surface area (Å²) in [5.41, 5.74) is 6.31. The average molecular weight is 409 g/mol. The molecule has 24 heavy (non-hydrogen) atoms. The number of aromatic nitrogens is 2. The number of hydrogen-bond acceptors (Lipinski definition) is 5. The molecule has 1 heterocycles. The molecule has 2 N–H and O–H groups in total. The van der Waals surface area contributed by atoms with Crippen molar-refractivity contribution >= 4 is 33.4 Å². The summed E-state index contributed by atoms with van der Waals surface area (Å²) in [6, 6.07) is 12.1. The summed E-state index contributed by atoms with van der Waals surface area (Å²) < 4.78 is 11.6. The smallest absolute Gasteiger partial charge is 0.264 e. The van der Waals surface area contributed by atoms with Gasteiger partial charge in [-0.2, -0.15) is 4.98 Å². The molecule has 6 nitrogen and oxygen atoms in total. The molecule has 8 heteroatoms. The number of nitrogens with zero attached hydrogens (tertiary/aromatic N) is 2. The molecule has 0 fully saturated rings. The summed E-state index contributed by atoms with van der Waals surface area (Å²) >= 11 is 9.24. The van der Waals surface area contributed by atoms with Crippen LogP contribution in [0.5, 0.6) is 5.75 Å². The largest absolute Gasteiger partial charge is 0.483 e. The minimum absolute atomic E-state index is 0.00289. The van der Waals surface area contributed by atoms with Crippen LogP contribution in [0.3, 0.4) is 0 Å². The van der Waals surface area contributed by atoms with Crippen LogP contribution in [0.15, 0.2) is 51.5 Å². The van der Waals surface area contributed by atoms with Crippen molar-refractivity contribution in [2.45, 2.75) is 6.61 Å². The third kappa shape index (κ3) is 3.74. The lowest BCUT2D eigenvalue weighted by atomic mass is 10.2. The second-order valence-electron chi connectivity index (χ2n) is 4.82. The lowest BCUT2D eigenvalue weighted by molar-refractivity contribution is 0.0995. The van der Waals surface area contributed by atoms with Crippen molar-refractivity contribution in [2.24, 2.45) is 5.73 Å². The highest BCUT2D eigenvalue weighted by molar-refractivity contribution is 9.10. The Hall–Kier alpha value is -2.38. The van der Waals surface area contributed by atoms with Crippen molar-refractivity contribution in [3.8, 4) is 17.1 Å². The van der Waals surface area contributed by atoms with Crippen molar-refractivity contribution < 1.29 is 14.1 Å². The molecule has 0 radical (unpaired) electrons. The molecular formula is C16H11BrClN3O3. The lowest BCUT2D eigenvalue weighted by Gasteiger charge is -2.07. The molecule has 2 aromatic carbocycles. The quantitative estimate of drug-likeness (QED) is 0.693. The van der Waals surface area contributed by atoms with Gasteiger partial charge in [0, 0.05) is 15.1 Å². The van der Waals surface area contributed by atoms with Crippen LogP contribution in [0.25, 0.3) is 11.4 Å². The van der Waals surface area contributed by atoms with Crippen LogP contribution in [-0.2, 0) is 6.61 Å². The highest BCUT2D eigenvalue weighted by Crippen LogP contribution is 2.24. The monoisotopic (exact) mass is 407 g/mol. The van der Waals surface area contributed by atoms with Gasteiger partial charge in [-0.05, 0) is 30.3 Å². The molecule has 0 atom stereocenters. The topological polar surface area (TPSA) is 91.2 Å². The number of halogens is 2. The molecule has 0 unspecified atom stereocenters. The van der Waals surface area contributed by atoms with Crippen molar-refractivity contribution in [1.29, 1.82) is 0 Å². The summed E-state index contributed by atoms with van der Waals surface area (Å²) in [6.07, 6.45) is 0. The Morgan fingerprint density at radius 2 is 2.12 bits per heavy atom. The van der Waals surface area contributed by atoms with Gasteiger partial charge >= 0.3 is 0 Å². The highest BCUT2D eigenvalue weighted by Gasteiger charge is 2.13. The van der Waals surface area contributed by atoms with E-state index in [2.05, 4.69) is 26.1 Å². The highest BCUT2D eigenvalue weighted by atomic mass is 79.9. The number of nitrogens with two attached hydrogens (primary N) is 1. The summed E-state index contributed by atoms with van der Waals surface area (Å²) in [5, 5.41) is 4.31. The molecule has 3 aromatic rings. The Balaban J connectivity index is 1.76. The average Bonchev–Trinajstić information content (AvgIpc) is 3.02. The van der Waals surface area contributed by atoms with Gasteiger partial charge in [0.15, 0.2) is 6.61 Å². The first-order chi connectivity index (χ1) is 11.5. The van der Waals surface area contributed by atoms with Crippen LogP contribution in [0.1, 0.15) is 16.2 Å². The number of primary amides is 1. The maximum absolute atomic E-state index is 11.4. The van der Waals surface area contributed by atoms with Crippen molar-refractivity contribution in [3.63, 3.8) is 0 Å². The molecule has 1 aromatic heterocycles. The zero-order valence-electron chi connectivity index (χ0n) is 12.2. The first kappa shape index (κ1) is 16.5. The third-order valence-corrected chi connectivity index (χ3v) is 3.84. The lowest BCUT2D eigenvalue weighted by Crippen LogP contribution is -2.13. The fourth-order valence-corrected chi connectivity index (χ4v) is 2.59. The predicted molar refractivity (Wildman–Crippen MR) is 91.7 cm³/mol. The maximum atomic E-state index is 11.4. The van der Waals surface area contributed by atoms with Gasteiger partial charge in [-0.3, -0.25) is 4.79 Å². The summed E-state index contributed by atoms with van der Waals surface area (Å²) in [4.78, 5) is 15.7. The van der Waals surface area contributed by atoms with Gasteiger partial charge in [0.2, 0.25) is 5.82 Å². The standard InChI is InChI=1S/C16H11BrClN3O3/c17-10-3-1-2-9(6-10)16-20-14(24-21-16)8-23-13-5-4-11(18)7-12(13)15(19)22/h1-7H,8H2,(H2,19,22). The van der Waals surface area contributed by atoms with Gasteiger partial charge in [0.25, 0.3) is 11.8 Å². The van der Waals surface area contributed by atoms with E-state index < -0.39 is 5.91 Å². The number of carbonyl (C=O) groups is 1. The second-order valence-corrected chi connectivity index (χ2v) is 6.17. The van der Waals surface area contributed by atoms with E-state index in [1.165, 1.54) is 6.07 Å². The Morgan fingerprint density at radius 3 is 2.88 bits per heavy atom. The van der Waals surface area contributed by atoms with Gasteiger partial charge in [0.1, 0.15) is 5.75 Å². The van der Waals surface area contributed by atoms with Gasteiger partial charge in [0.05, 0.1) is 5.56 Å². The van der Waals surface area contributed by atoms with E-state index in [-0.39, 0.29) is 18.1 Å². The summed E-state index contributed by atoms with van der Waals surface area (Å²) in [7, 11) is 0. The number of rotatable bonds is 5. The van der Waals surface area contributed by atoms with Gasteiger partial charge in [-0.1, -0.05) is 44.8 Å². The molecular weight excluding hydrogens is 398 g/mol. The molecule has 0 aliphatic heterocycles. The van der Waals surface area contributed by atoms with Crippen LogP contribution in [0, 0.1) is 0 Å². The Bertz CT molecular complexity index is 898. The van der Waals surface area contributed by atoms with Crippen LogP contribution in [0.2, 0.25) is 5.02 Å². The molecule has 0 aliphatic rings. The van der Waals surface area contributed by atoms with Gasteiger partial charge in [-0.25, -0.2) is 0 Å². The molecule has 0 bridgehead atoms. The third-order valence-electron chi connectivity index (χ3n) is 3.11. The molecule has 0 spiro atoms. The fourth-order valence-electron chi connectivity index (χ4n) is 2.02. The number of amides is 1. The fraction of sp³-hybridized carbons (Fsp3) is 0.0625. The van der Waals surface area contributed by atoms with Crippen molar-refractivity contribution in [2.75, 3.05) is 0 Å². The van der Waals surface area contributed by atoms with Crippen LogP contribution in [-0.4, -0.2) is 16.0 Å². The number of carbonyl (C=O) groups excluding carboxylic acids is 1. The zero-order valence-corrected chi connectivity index (χ0v) is 14.5. The van der Waals surface area contributed by atoms with Crippen LogP contribution in [0.4, 0.5) is 0 Å². The van der Waals surface area contributed by atoms with Gasteiger partial charge in [-0.15, -0.1) is 0 Å². The first-order valence-electron chi connectivity index (χ1n) is 6.83. The van der Waals surface area contributed by atoms with E-state index in [1.807, 2.05) is 24.3 Å². The summed E-state index contributed by atoms with van der Waals surface area (Å²) in [6.45, 7) is 0.00289. The van der Waals surface area contributed by atoms with Crippen LogP contribution >= 0.6 is 27.5 Å². The number of benzene rings is 2. The van der Waals surface area contributed by atoms with Crippen LogP contribution < -0.4 is 10.5 Å². The normalized spacial score (nSPS) is 10.6. The Kier molecular flexibility index (Phi) is 4.82.